The zero-order valence-electron chi connectivity index (χ0n) is 14.0. The first-order valence-corrected chi connectivity index (χ1v) is 8.80. The van der Waals surface area contributed by atoms with E-state index < -0.39 is 0 Å². The van der Waals surface area contributed by atoms with Gasteiger partial charge < -0.3 is 9.80 Å². The molecule has 2 nitrogen and oxygen atoms in total. The van der Waals surface area contributed by atoms with Crippen molar-refractivity contribution in [2.24, 2.45) is 5.92 Å². The summed E-state index contributed by atoms with van der Waals surface area (Å²) in [6, 6.07) is 7.80. The molecule has 0 bridgehead atoms. The Morgan fingerprint density at radius 1 is 1.10 bits per heavy atom. The number of benzene rings is 1. The Kier molecular flexibility index (Phi) is 4.54. The molecule has 21 heavy (non-hydrogen) atoms. The maximum Gasteiger partial charge on any atom is 0.0951 e. The van der Waals surface area contributed by atoms with Gasteiger partial charge in [-0.25, -0.2) is 0 Å². The van der Waals surface area contributed by atoms with Crippen LogP contribution in [-0.2, 0) is 0 Å². The van der Waals surface area contributed by atoms with Crippen LogP contribution < -0.4 is 9.80 Å². The van der Waals surface area contributed by atoms with Crippen molar-refractivity contribution in [2.75, 3.05) is 31.1 Å². The summed E-state index contributed by atoms with van der Waals surface area (Å²) in [4.78, 5) is 4.49. The predicted octanol–water partition coefficient (Wildman–Crippen LogP) is 2.59. The zero-order valence-corrected chi connectivity index (χ0v) is 14.0. The van der Waals surface area contributed by atoms with Gasteiger partial charge in [0.25, 0.3) is 0 Å². The second-order valence-corrected chi connectivity index (χ2v) is 7.40. The largest absolute Gasteiger partial charge is 0.360 e. The Morgan fingerprint density at radius 2 is 1.86 bits per heavy atom. The summed E-state index contributed by atoms with van der Waals surface area (Å²) in [5, 5.41) is 0. The van der Waals surface area contributed by atoms with Crippen LogP contribution in [0.2, 0.25) is 0 Å². The highest BCUT2D eigenvalue weighted by Crippen LogP contribution is 2.23. The topological polar surface area (TPSA) is 7.68 Å². The van der Waals surface area contributed by atoms with E-state index in [1.165, 1.54) is 68.7 Å². The minimum Gasteiger partial charge on any atom is -0.360 e. The van der Waals surface area contributed by atoms with Crippen LogP contribution in [0.3, 0.4) is 0 Å². The molecule has 2 heteroatoms. The Morgan fingerprint density at radius 3 is 2.57 bits per heavy atom. The number of aryl methyl sites for hydroxylation is 2. The molecule has 1 saturated carbocycles. The van der Waals surface area contributed by atoms with Crippen LogP contribution in [0, 0.1) is 19.8 Å². The molecular weight excluding hydrogens is 256 g/mol. The monoisotopic (exact) mass is 287 g/mol. The van der Waals surface area contributed by atoms with Crippen LogP contribution in [0.1, 0.15) is 43.7 Å². The number of hydrogen-bond acceptors (Lipinski definition) is 1. The molecule has 1 N–H and O–H groups in total. The van der Waals surface area contributed by atoms with E-state index >= 15 is 0 Å². The number of anilines is 1. The van der Waals surface area contributed by atoms with E-state index in [-0.39, 0.29) is 0 Å². The summed E-state index contributed by atoms with van der Waals surface area (Å²) in [7, 11) is 0. The highest BCUT2D eigenvalue weighted by atomic mass is 15.3. The average Bonchev–Trinajstić information content (AvgIpc) is 2.50. The lowest BCUT2D eigenvalue weighted by Gasteiger charge is -2.40. The highest BCUT2D eigenvalue weighted by molar-refractivity contribution is 5.55. The fourth-order valence-corrected chi connectivity index (χ4v) is 4.31. The summed E-state index contributed by atoms with van der Waals surface area (Å²) in [5.74, 6) is 0.952. The molecule has 2 atom stereocenters. The van der Waals surface area contributed by atoms with Crippen molar-refractivity contribution in [3.8, 4) is 0 Å². The molecule has 2 aliphatic rings. The second kappa shape index (κ2) is 6.39. The lowest BCUT2D eigenvalue weighted by Crippen LogP contribution is -3.18. The van der Waals surface area contributed by atoms with Gasteiger partial charge in [-0.1, -0.05) is 25.5 Å². The van der Waals surface area contributed by atoms with Gasteiger partial charge in [0, 0.05) is 12.1 Å². The van der Waals surface area contributed by atoms with Crippen LogP contribution in [0.15, 0.2) is 18.2 Å². The van der Waals surface area contributed by atoms with E-state index in [0.717, 1.165) is 12.0 Å². The van der Waals surface area contributed by atoms with Gasteiger partial charge in [0.15, 0.2) is 0 Å². The van der Waals surface area contributed by atoms with Crippen LogP contribution in [-0.4, -0.2) is 32.2 Å². The molecule has 116 valence electrons. The molecule has 3 rings (SSSR count). The van der Waals surface area contributed by atoms with Gasteiger partial charge in [0.1, 0.15) is 0 Å². The Labute approximate surface area is 130 Å². The summed E-state index contributed by atoms with van der Waals surface area (Å²) >= 11 is 0. The zero-order chi connectivity index (χ0) is 14.8. The van der Waals surface area contributed by atoms with Crippen LogP contribution in [0.4, 0.5) is 5.69 Å². The number of quaternary nitrogens is 1. The molecule has 1 aliphatic carbocycles. The molecule has 1 saturated heterocycles. The molecule has 0 aromatic heterocycles. The average molecular weight is 287 g/mol. The van der Waals surface area contributed by atoms with Crippen molar-refractivity contribution >= 4 is 5.69 Å². The Hall–Kier alpha value is -1.02. The van der Waals surface area contributed by atoms with Crippen LogP contribution >= 0.6 is 0 Å². The molecule has 0 unspecified atom stereocenters. The molecule has 1 aromatic rings. The summed E-state index contributed by atoms with van der Waals surface area (Å²) in [6.07, 6.45) is 5.83. The molecule has 0 amide bonds. The summed E-state index contributed by atoms with van der Waals surface area (Å²) in [6.45, 7) is 12.0. The lowest BCUT2D eigenvalue weighted by molar-refractivity contribution is -0.927. The van der Waals surface area contributed by atoms with Gasteiger partial charge in [0.05, 0.1) is 32.2 Å². The molecule has 2 fully saturated rings. The predicted molar refractivity (Wildman–Crippen MR) is 90.2 cm³/mol. The minimum absolute atomic E-state index is 0.939. The first-order valence-electron chi connectivity index (χ1n) is 8.80. The second-order valence-electron chi connectivity index (χ2n) is 7.40. The van der Waals surface area contributed by atoms with E-state index in [1.807, 2.05) is 4.90 Å². The first kappa shape index (κ1) is 14.9. The van der Waals surface area contributed by atoms with Gasteiger partial charge >= 0.3 is 0 Å². The van der Waals surface area contributed by atoms with Gasteiger partial charge in [0.2, 0.25) is 0 Å². The maximum atomic E-state index is 2.61. The highest BCUT2D eigenvalue weighted by Gasteiger charge is 2.30. The number of nitrogens with zero attached hydrogens (tertiary/aromatic N) is 1. The number of piperazine rings is 1. The molecular formula is C19H31N2+. The van der Waals surface area contributed by atoms with Crippen molar-refractivity contribution in [1.82, 2.24) is 0 Å². The summed E-state index contributed by atoms with van der Waals surface area (Å²) in [5.41, 5.74) is 4.27. The van der Waals surface area contributed by atoms with Crippen molar-refractivity contribution in [2.45, 2.75) is 52.5 Å². The third-order valence-corrected chi connectivity index (χ3v) is 5.62. The van der Waals surface area contributed by atoms with Gasteiger partial charge in [-0.2, -0.15) is 0 Å². The standard InChI is InChI=1S/C19H30N2/c1-15-5-4-6-18(13-15)20-9-11-21(12-10-20)19-14-16(2)7-8-17(19)3/h7-8,14-15,18H,4-6,9-13H2,1-3H3/p+1/t15-,18-/m1/s1. The van der Waals surface area contributed by atoms with Crippen molar-refractivity contribution in [1.29, 1.82) is 0 Å². The van der Waals surface area contributed by atoms with E-state index in [9.17, 15) is 0 Å². The smallest absolute Gasteiger partial charge is 0.0951 e. The number of hydrogen-bond donors (Lipinski definition) is 1. The first-order chi connectivity index (χ1) is 10.1. The fraction of sp³-hybridized carbons (Fsp3) is 0.684. The van der Waals surface area contributed by atoms with Crippen molar-refractivity contribution in [3.63, 3.8) is 0 Å². The van der Waals surface area contributed by atoms with Crippen molar-refractivity contribution < 1.29 is 4.90 Å². The third-order valence-electron chi connectivity index (χ3n) is 5.62. The maximum absolute atomic E-state index is 2.61. The van der Waals surface area contributed by atoms with Gasteiger partial charge in [-0.3, -0.25) is 0 Å². The normalized spacial score (nSPS) is 27.9. The minimum atomic E-state index is 0.939. The molecule has 0 radical (unpaired) electrons. The van der Waals surface area contributed by atoms with Gasteiger partial charge in [-0.05, 0) is 49.8 Å². The molecule has 0 spiro atoms. The number of rotatable bonds is 2. The number of nitrogens with one attached hydrogen (secondary N) is 1. The lowest BCUT2D eigenvalue weighted by atomic mass is 9.86. The molecule has 1 heterocycles. The van der Waals surface area contributed by atoms with Crippen LogP contribution in [0.5, 0.6) is 0 Å². The Bertz CT molecular complexity index is 474. The Balaban J connectivity index is 1.61. The third kappa shape index (κ3) is 3.42. The van der Waals surface area contributed by atoms with Crippen molar-refractivity contribution in [3.05, 3.63) is 29.3 Å². The molecule has 1 aromatic carbocycles. The van der Waals surface area contributed by atoms with Crippen LogP contribution in [0.25, 0.3) is 0 Å². The molecule has 1 aliphatic heterocycles. The SMILES string of the molecule is Cc1ccc(C)c(N2CC[NH+]([C@@H]3CCC[C@@H](C)C3)CC2)c1. The van der Waals surface area contributed by atoms with E-state index in [1.54, 1.807) is 0 Å². The summed E-state index contributed by atoms with van der Waals surface area (Å²) < 4.78 is 0. The van der Waals surface area contributed by atoms with E-state index in [2.05, 4.69) is 43.9 Å². The van der Waals surface area contributed by atoms with E-state index in [0.29, 0.717) is 0 Å². The fourth-order valence-electron chi connectivity index (χ4n) is 4.31. The van der Waals surface area contributed by atoms with E-state index in [4.69, 9.17) is 0 Å². The quantitative estimate of drug-likeness (QED) is 0.878. The van der Waals surface area contributed by atoms with Gasteiger partial charge in [-0.15, -0.1) is 0 Å².